The Morgan fingerprint density at radius 2 is 2.00 bits per heavy atom. The first-order valence-electron chi connectivity index (χ1n) is 5.55. The monoisotopic (exact) mass is 269 g/mol. The van der Waals surface area contributed by atoms with Crippen LogP contribution in [0.1, 0.15) is 35.9 Å². The largest absolute Gasteiger partial charge is 0.476 e. The lowest BCUT2D eigenvalue weighted by Gasteiger charge is -2.09. The van der Waals surface area contributed by atoms with E-state index in [1.165, 1.54) is 11.7 Å². The van der Waals surface area contributed by atoms with Crippen molar-refractivity contribution >= 4 is 17.9 Å². The molecule has 3 amide bonds. The summed E-state index contributed by atoms with van der Waals surface area (Å²) in [5, 5.41) is 20.4. The molecule has 0 aliphatic heterocycles. The third kappa shape index (κ3) is 3.50. The average Bonchev–Trinajstić information content (AvgIpc) is 2.72. The Labute approximate surface area is 109 Å². The van der Waals surface area contributed by atoms with E-state index in [1.807, 2.05) is 0 Å². The molecule has 0 unspecified atom stereocenters. The van der Waals surface area contributed by atoms with E-state index >= 15 is 0 Å². The maximum Gasteiger partial charge on any atom is 0.358 e. The number of hydrogen-bond donors (Lipinski definition) is 3. The summed E-state index contributed by atoms with van der Waals surface area (Å²) in [6.45, 7) is 3.25. The summed E-state index contributed by atoms with van der Waals surface area (Å²) in [5.41, 5.74) is 0.141. The van der Waals surface area contributed by atoms with E-state index in [0.717, 1.165) is 0 Å². The highest BCUT2D eigenvalue weighted by molar-refractivity contribution is 5.94. The average molecular weight is 269 g/mol. The fourth-order valence-corrected chi connectivity index (χ4v) is 1.53. The molecule has 0 radical (unpaired) electrons. The van der Waals surface area contributed by atoms with Gasteiger partial charge in [-0.15, -0.1) is 5.10 Å². The molecule has 1 heterocycles. The minimum absolute atomic E-state index is 0.172. The van der Waals surface area contributed by atoms with E-state index in [0.29, 0.717) is 5.69 Å². The minimum Gasteiger partial charge on any atom is -0.476 e. The minimum atomic E-state index is -1.21. The third-order valence-electron chi connectivity index (χ3n) is 2.30. The van der Waals surface area contributed by atoms with Gasteiger partial charge >= 0.3 is 12.0 Å². The van der Waals surface area contributed by atoms with Gasteiger partial charge in [-0.2, -0.15) is 0 Å². The molecule has 0 atom stereocenters. The Balaban J connectivity index is 2.93. The molecule has 1 aromatic heterocycles. The molecule has 1 aromatic rings. The van der Waals surface area contributed by atoms with E-state index in [-0.39, 0.29) is 18.2 Å². The molecule has 0 aromatic carbocycles. The summed E-state index contributed by atoms with van der Waals surface area (Å²) >= 11 is 0. The van der Waals surface area contributed by atoms with Crippen LogP contribution in [0, 0.1) is 0 Å². The van der Waals surface area contributed by atoms with E-state index in [2.05, 4.69) is 20.9 Å². The van der Waals surface area contributed by atoms with Crippen molar-refractivity contribution in [1.82, 2.24) is 25.6 Å². The number of rotatable bonds is 4. The van der Waals surface area contributed by atoms with Crippen molar-refractivity contribution in [2.75, 3.05) is 7.05 Å². The Morgan fingerprint density at radius 1 is 1.37 bits per heavy atom. The molecule has 0 saturated heterocycles. The Kier molecular flexibility index (Phi) is 4.56. The highest BCUT2D eigenvalue weighted by Crippen LogP contribution is 2.17. The van der Waals surface area contributed by atoms with Gasteiger partial charge in [0, 0.05) is 7.05 Å². The number of urea groups is 1. The zero-order valence-corrected chi connectivity index (χ0v) is 10.8. The molecular weight excluding hydrogens is 254 g/mol. The van der Waals surface area contributed by atoms with Crippen LogP contribution in [0.4, 0.5) is 4.79 Å². The third-order valence-corrected chi connectivity index (χ3v) is 2.30. The van der Waals surface area contributed by atoms with Crippen molar-refractivity contribution in [3.63, 3.8) is 0 Å². The van der Waals surface area contributed by atoms with E-state index in [9.17, 15) is 14.4 Å². The maximum absolute atomic E-state index is 11.5. The van der Waals surface area contributed by atoms with Crippen molar-refractivity contribution < 1.29 is 19.5 Å². The molecule has 0 bridgehead atoms. The predicted octanol–water partition coefficient (Wildman–Crippen LogP) is -0.445. The maximum atomic E-state index is 11.5. The lowest BCUT2D eigenvalue weighted by molar-refractivity contribution is -0.120. The topological polar surface area (TPSA) is 126 Å². The Bertz CT molecular complexity index is 508. The van der Waals surface area contributed by atoms with E-state index in [1.54, 1.807) is 13.8 Å². The first-order chi connectivity index (χ1) is 8.86. The number of carboxylic acid groups (broad SMARTS) is 1. The molecule has 0 aliphatic carbocycles. The lowest BCUT2D eigenvalue weighted by atomic mass is 10.1. The molecule has 0 aliphatic rings. The number of nitrogens with zero attached hydrogens (tertiary/aromatic N) is 3. The van der Waals surface area contributed by atoms with Crippen LogP contribution in [-0.2, 0) is 11.3 Å². The summed E-state index contributed by atoms with van der Waals surface area (Å²) in [5.74, 6) is -1.99. The summed E-state index contributed by atoms with van der Waals surface area (Å²) in [6, 6.07) is -0.644. The number of aromatic carboxylic acids is 1. The zero-order valence-electron chi connectivity index (χ0n) is 10.8. The first-order valence-corrected chi connectivity index (χ1v) is 5.55. The molecule has 0 fully saturated rings. The molecule has 1 rings (SSSR count). The molecule has 9 nitrogen and oxygen atoms in total. The molecular formula is C10H15N5O4. The number of hydrogen-bond acceptors (Lipinski definition) is 5. The van der Waals surface area contributed by atoms with Gasteiger partial charge in [0.25, 0.3) is 0 Å². The van der Waals surface area contributed by atoms with Gasteiger partial charge in [0.1, 0.15) is 6.54 Å². The highest BCUT2D eigenvalue weighted by Gasteiger charge is 2.22. The summed E-state index contributed by atoms with van der Waals surface area (Å²) in [7, 11) is 1.38. The second-order valence-corrected chi connectivity index (χ2v) is 4.07. The first kappa shape index (κ1) is 14.6. The second-order valence-electron chi connectivity index (χ2n) is 4.07. The fraction of sp³-hybridized carbons (Fsp3) is 0.500. The van der Waals surface area contributed by atoms with Crippen molar-refractivity contribution in [2.24, 2.45) is 0 Å². The highest BCUT2D eigenvalue weighted by atomic mass is 16.4. The van der Waals surface area contributed by atoms with Crippen molar-refractivity contribution in [3.05, 3.63) is 11.4 Å². The van der Waals surface area contributed by atoms with Gasteiger partial charge < -0.3 is 10.4 Å². The van der Waals surface area contributed by atoms with Crippen LogP contribution in [-0.4, -0.2) is 45.1 Å². The summed E-state index contributed by atoms with van der Waals surface area (Å²) < 4.78 is 1.17. The van der Waals surface area contributed by atoms with Gasteiger partial charge in [0.15, 0.2) is 5.69 Å². The standard InChI is InChI=1S/C10H15N5O4/c1-5(2)8-7(9(17)18)13-14-15(8)4-6(16)12-10(19)11-3/h5H,4H2,1-3H3,(H,17,18)(H2,11,12,16,19). The van der Waals surface area contributed by atoms with Crippen LogP contribution in [0.15, 0.2) is 0 Å². The fourth-order valence-electron chi connectivity index (χ4n) is 1.53. The van der Waals surface area contributed by atoms with Crippen LogP contribution < -0.4 is 10.6 Å². The Hall–Kier alpha value is -2.45. The zero-order chi connectivity index (χ0) is 14.6. The van der Waals surface area contributed by atoms with Gasteiger partial charge in [0.2, 0.25) is 5.91 Å². The molecule has 19 heavy (non-hydrogen) atoms. The van der Waals surface area contributed by atoms with Crippen molar-refractivity contribution in [3.8, 4) is 0 Å². The molecule has 0 saturated carbocycles. The molecule has 0 spiro atoms. The van der Waals surface area contributed by atoms with Gasteiger partial charge in [0.05, 0.1) is 5.69 Å². The number of carbonyl (C=O) groups is 3. The van der Waals surface area contributed by atoms with Gasteiger partial charge in [-0.3, -0.25) is 10.1 Å². The van der Waals surface area contributed by atoms with Gasteiger partial charge in [-0.05, 0) is 5.92 Å². The number of carbonyl (C=O) groups excluding carboxylic acids is 2. The van der Waals surface area contributed by atoms with E-state index in [4.69, 9.17) is 5.11 Å². The van der Waals surface area contributed by atoms with Crippen LogP contribution in [0.5, 0.6) is 0 Å². The number of carboxylic acids is 1. The summed E-state index contributed by atoms with van der Waals surface area (Å²) in [6.07, 6.45) is 0. The SMILES string of the molecule is CNC(=O)NC(=O)Cn1nnc(C(=O)O)c1C(C)C. The van der Waals surface area contributed by atoms with Crippen molar-refractivity contribution in [1.29, 1.82) is 0 Å². The van der Waals surface area contributed by atoms with E-state index < -0.39 is 17.9 Å². The quantitative estimate of drug-likeness (QED) is 0.680. The Morgan fingerprint density at radius 3 is 2.47 bits per heavy atom. The van der Waals surface area contributed by atoms with Crippen LogP contribution >= 0.6 is 0 Å². The number of aromatic nitrogens is 3. The molecule has 104 valence electrons. The second kappa shape index (κ2) is 5.94. The lowest BCUT2D eigenvalue weighted by Crippen LogP contribution is -2.39. The number of nitrogens with one attached hydrogen (secondary N) is 2. The van der Waals surface area contributed by atoms with Crippen LogP contribution in [0.3, 0.4) is 0 Å². The van der Waals surface area contributed by atoms with Crippen LogP contribution in [0.2, 0.25) is 0 Å². The molecule has 9 heteroatoms. The number of amides is 3. The van der Waals surface area contributed by atoms with Crippen LogP contribution in [0.25, 0.3) is 0 Å². The normalized spacial score (nSPS) is 10.3. The van der Waals surface area contributed by atoms with Gasteiger partial charge in [-0.1, -0.05) is 19.1 Å². The predicted molar refractivity (Wildman–Crippen MR) is 63.7 cm³/mol. The van der Waals surface area contributed by atoms with Gasteiger partial charge in [-0.25, -0.2) is 14.3 Å². The van der Waals surface area contributed by atoms with Crippen molar-refractivity contribution in [2.45, 2.75) is 26.3 Å². The molecule has 3 N–H and O–H groups in total. The summed E-state index contributed by atoms with van der Waals surface area (Å²) in [4.78, 5) is 33.5. The smallest absolute Gasteiger partial charge is 0.358 e. The number of imide groups is 1.